The molecule has 2 rings (SSSR count). The van der Waals surface area contributed by atoms with Crippen molar-refractivity contribution in [2.24, 2.45) is 5.73 Å². The van der Waals surface area contributed by atoms with Gasteiger partial charge in [-0.3, -0.25) is 4.79 Å². The lowest BCUT2D eigenvalue weighted by Gasteiger charge is -2.07. The van der Waals surface area contributed by atoms with E-state index in [1.54, 1.807) is 24.3 Å². The Morgan fingerprint density at radius 2 is 1.52 bits per heavy atom. The second-order valence-electron chi connectivity index (χ2n) is 5.09. The third-order valence-electron chi connectivity index (χ3n) is 3.37. The van der Waals surface area contributed by atoms with Gasteiger partial charge in [-0.2, -0.15) is 0 Å². The third kappa shape index (κ3) is 4.63. The van der Waals surface area contributed by atoms with Crippen molar-refractivity contribution in [3.05, 3.63) is 59.7 Å². The second kappa shape index (κ2) is 7.48. The normalized spacial score (nSPS) is 10.3. The molecule has 2 aromatic carbocycles. The van der Waals surface area contributed by atoms with E-state index in [2.05, 4.69) is 19.1 Å². The van der Waals surface area contributed by atoms with Crippen molar-refractivity contribution < 1.29 is 9.53 Å². The Hall–Kier alpha value is -2.29. The van der Waals surface area contributed by atoms with E-state index in [0.29, 0.717) is 11.3 Å². The number of amides is 1. The van der Waals surface area contributed by atoms with Crippen LogP contribution in [0.4, 0.5) is 0 Å². The van der Waals surface area contributed by atoms with Gasteiger partial charge < -0.3 is 10.5 Å². The maximum absolute atomic E-state index is 11.0. The van der Waals surface area contributed by atoms with Crippen LogP contribution >= 0.6 is 0 Å². The van der Waals surface area contributed by atoms with Crippen LogP contribution in [0.2, 0.25) is 0 Å². The lowest BCUT2D eigenvalue weighted by molar-refractivity contribution is 0.100. The maximum atomic E-state index is 11.0. The topological polar surface area (TPSA) is 52.3 Å². The summed E-state index contributed by atoms with van der Waals surface area (Å²) < 4.78 is 5.74. The maximum Gasteiger partial charge on any atom is 0.248 e. The highest BCUT2D eigenvalue weighted by Gasteiger charge is 2.02. The Balaban J connectivity index is 1.94. The second-order valence-corrected chi connectivity index (χ2v) is 5.09. The van der Waals surface area contributed by atoms with Gasteiger partial charge in [0.25, 0.3) is 0 Å². The number of hydrogen-bond donors (Lipinski definition) is 1. The van der Waals surface area contributed by atoms with Gasteiger partial charge in [-0.25, -0.2) is 0 Å². The van der Waals surface area contributed by atoms with Gasteiger partial charge in [0, 0.05) is 5.56 Å². The van der Waals surface area contributed by atoms with Crippen molar-refractivity contribution in [3.63, 3.8) is 0 Å². The molecule has 3 heteroatoms. The van der Waals surface area contributed by atoms with Crippen LogP contribution < -0.4 is 10.5 Å². The van der Waals surface area contributed by atoms with E-state index in [0.717, 1.165) is 12.2 Å². The van der Waals surface area contributed by atoms with Crippen LogP contribution in [0.5, 0.6) is 11.5 Å². The van der Waals surface area contributed by atoms with E-state index in [-0.39, 0.29) is 0 Å². The molecule has 0 aromatic heterocycles. The molecule has 0 radical (unpaired) electrons. The van der Waals surface area contributed by atoms with E-state index in [1.165, 1.54) is 24.8 Å². The molecule has 0 bridgehead atoms. The van der Waals surface area contributed by atoms with Gasteiger partial charge in [0.15, 0.2) is 0 Å². The van der Waals surface area contributed by atoms with Gasteiger partial charge in [0.2, 0.25) is 5.91 Å². The van der Waals surface area contributed by atoms with Crippen LogP contribution in [0.25, 0.3) is 0 Å². The van der Waals surface area contributed by atoms with Crippen molar-refractivity contribution >= 4 is 5.91 Å². The average molecular weight is 283 g/mol. The fourth-order valence-corrected chi connectivity index (χ4v) is 2.13. The van der Waals surface area contributed by atoms with Crippen molar-refractivity contribution in [3.8, 4) is 11.5 Å². The SMILES string of the molecule is CCCCCc1ccc(Oc2ccc(C(N)=O)cc2)cc1. The molecule has 0 heterocycles. The van der Waals surface area contributed by atoms with Crippen LogP contribution in [0.3, 0.4) is 0 Å². The van der Waals surface area contributed by atoms with E-state index in [4.69, 9.17) is 10.5 Å². The Kier molecular flexibility index (Phi) is 5.38. The molecule has 0 saturated heterocycles. The standard InChI is InChI=1S/C18H21NO2/c1-2-3-4-5-14-6-10-16(11-7-14)21-17-12-8-15(9-13-17)18(19)20/h6-13H,2-5H2,1H3,(H2,19,20). The largest absolute Gasteiger partial charge is 0.457 e. The molecule has 0 fully saturated rings. The number of carbonyl (C=O) groups is 1. The third-order valence-corrected chi connectivity index (χ3v) is 3.37. The number of benzene rings is 2. The molecule has 0 aliphatic heterocycles. The molecule has 0 aliphatic carbocycles. The number of carbonyl (C=O) groups excluding carboxylic acids is 1. The highest BCUT2D eigenvalue weighted by Crippen LogP contribution is 2.22. The van der Waals surface area contributed by atoms with Crippen molar-refractivity contribution in [1.29, 1.82) is 0 Å². The minimum Gasteiger partial charge on any atom is -0.457 e. The quantitative estimate of drug-likeness (QED) is 0.770. The number of aryl methyl sites for hydroxylation is 1. The molecule has 3 nitrogen and oxygen atoms in total. The fourth-order valence-electron chi connectivity index (χ4n) is 2.13. The molecule has 21 heavy (non-hydrogen) atoms. The zero-order valence-electron chi connectivity index (χ0n) is 12.3. The highest BCUT2D eigenvalue weighted by atomic mass is 16.5. The Morgan fingerprint density at radius 3 is 2.05 bits per heavy atom. The van der Waals surface area contributed by atoms with E-state index < -0.39 is 5.91 Å². The summed E-state index contributed by atoms with van der Waals surface area (Å²) in [6.07, 6.45) is 4.85. The van der Waals surface area contributed by atoms with Crippen LogP contribution in [-0.4, -0.2) is 5.91 Å². The minimum atomic E-state index is -0.432. The molecule has 0 aliphatic rings. The number of rotatable bonds is 7. The number of unbranched alkanes of at least 4 members (excludes halogenated alkanes) is 2. The number of hydrogen-bond acceptors (Lipinski definition) is 2. The number of ether oxygens (including phenoxy) is 1. The monoisotopic (exact) mass is 283 g/mol. The van der Waals surface area contributed by atoms with Gasteiger partial charge in [0.05, 0.1) is 0 Å². The Morgan fingerprint density at radius 1 is 0.952 bits per heavy atom. The summed E-state index contributed by atoms with van der Waals surface area (Å²) in [4.78, 5) is 11.0. The van der Waals surface area contributed by atoms with Gasteiger partial charge in [-0.15, -0.1) is 0 Å². The predicted molar refractivity (Wildman–Crippen MR) is 84.7 cm³/mol. The average Bonchev–Trinajstić information content (AvgIpc) is 2.50. The minimum absolute atomic E-state index is 0.432. The van der Waals surface area contributed by atoms with Gasteiger partial charge in [-0.05, 0) is 54.8 Å². The zero-order chi connectivity index (χ0) is 15.1. The number of nitrogens with two attached hydrogens (primary N) is 1. The lowest BCUT2D eigenvalue weighted by atomic mass is 10.1. The molecule has 0 atom stereocenters. The van der Waals surface area contributed by atoms with Crippen LogP contribution in [0.15, 0.2) is 48.5 Å². The summed E-state index contributed by atoms with van der Waals surface area (Å²) in [5, 5.41) is 0. The molecule has 0 unspecified atom stereocenters. The smallest absolute Gasteiger partial charge is 0.248 e. The highest BCUT2D eigenvalue weighted by molar-refractivity contribution is 5.92. The molecule has 1 amide bonds. The van der Waals surface area contributed by atoms with Crippen molar-refractivity contribution in [1.82, 2.24) is 0 Å². The fraction of sp³-hybridized carbons (Fsp3) is 0.278. The summed E-state index contributed by atoms with van der Waals surface area (Å²) in [6, 6.07) is 15.0. The first-order valence-corrected chi connectivity index (χ1v) is 7.35. The molecule has 2 aromatic rings. The first-order chi connectivity index (χ1) is 10.2. The van der Waals surface area contributed by atoms with E-state index in [9.17, 15) is 4.79 Å². The molecule has 0 spiro atoms. The van der Waals surface area contributed by atoms with Crippen molar-refractivity contribution in [2.45, 2.75) is 32.6 Å². The Labute approximate surface area is 125 Å². The van der Waals surface area contributed by atoms with E-state index in [1.807, 2.05) is 12.1 Å². The van der Waals surface area contributed by atoms with Gasteiger partial charge in [0.1, 0.15) is 11.5 Å². The summed E-state index contributed by atoms with van der Waals surface area (Å²) in [5.74, 6) is 1.05. The van der Waals surface area contributed by atoms with Crippen molar-refractivity contribution in [2.75, 3.05) is 0 Å². The summed E-state index contributed by atoms with van der Waals surface area (Å²) >= 11 is 0. The molecular formula is C18H21NO2. The van der Waals surface area contributed by atoms with Crippen LogP contribution in [-0.2, 0) is 6.42 Å². The number of primary amides is 1. The molecule has 110 valence electrons. The predicted octanol–water partition coefficient (Wildman–Crippen LogP) is 4.31. The van der Waals surface area contributed by atoms with E-state index >= 15 is 0 Å². The lowest BCUT2D eigenvalue weighted by Crippen LogP contribution is -2.10. The zero-order valence-corrected chi connectivity index (χ0v) is 12.3. The summed E-state index contributed by atoms with van der Waals surface area (Å²) in [5.41, 5.74) is 7.02. The van der Waals surface area contributed by atoms with Crippen LogP contribution in [0.1, 0.15) is 42.1 Å². The first-order valence-electron chi connectivity index (χ1n) is 7.35. The Bertz CT molecular complexity index is 573. The van der Waals surface area contributed by atoms with Gasteiger partial charge in [-0.1, -0.05) is 31.9 Å². The van der Waals surface area contributed by atoms with Crippen LogP contribution in [0, 0.1) is 0 Å². The molecule has 0 saturated carbocycles. The molecule has 2 N–H and O–H groups in total. The summed E-state index contributed by atoms with van der Waals surface area (Å²) in [7, 11) is 0. The molecular weight excluding hydrogens is 262 g/mol. The van der Waals surface area contributed by atoms with Gasteiger partial charge >= 0.3 is 0 Å². The summed E-state index contributed by atoms with van der Waals surface area (Å²) in [6.45, 7) is 2.21. The first kappa shape index (κ1) is 15.1.